The van der Waals surface area contributed by atoms with Crippen LogP contribution in [0.1, 0.15) is 46.5 Å². The lowest BCUT2D eigenvalue weighted by Crippen LogP contribution is -2.44. The van der Waals surface area contributed by atoms with Crippen molar-refractivity contribution in [2.45, 2.75) is 52.5 Å². The summed E-state index contributed by atoms with van der Waals surface area (Å²) < 4.78 is 0. The molecule has 2 N–H and O–H groups in total. The normalized spacial score (nSPS) is 25.4. The first-order chi connectivity index (χ1) is 7.67. The average Bonchev–Trinajstić information content (AvgIpc) is 2.29. The fraction of sp³-hybridized carbons (Fsp3) is 0.923. The van der Waals surface area contributed by atoms with Crippen molar-refractivity contribution >= 4 is 29.9 Å². The molecule has 0 heterocycles. The van der Waals surface area contributed by atoms with Crippen molar-refractivity contribution in [2.24, 2.45) is 16.8 Å². The standard InChI is InChI=1S/C13H27N3.HI/c1-5-15-13(14-4)16-12-8-6-11(7-9-12)10(2)3;/h10-12H,5-9H2,1-4H3,(H2,14,15,16);1H. The maximum Gasteiger partial charge on any atom is 0.191 e. The predicted octanol–water partition coefficient (Wildman–Crippen LogP) is 3.00. The van der Waals surface area contributed by atoms with Crippen molar-refractivity contribution in [1.82, 2.24) is 10.6 Å². The second kappa shape index (κ2) is 9.00. The van der Waals surface area contributed by atoms with Crippen LogP contribution in [-0.4, -0.2) is 25.6 Å². The summed E-state index contributed by atoms with van der Waals surface area (Å²) in [6, 6.07) is 0.618. The Balaban J connectivity index is 0.00000256. The van der Waals surface area contributed by atoms with Crippen molar-refractivity contribution in [1.29, 1.82) is 0 Å². The molecule has 1 saturated carbocycles. The van der Waals surface area contributed by atoms with E-state index in [1.807, 2.05) is 7.05 Å². The van der Waals surface area contributed by atoms with Gasteiger partial charge in [-0.05, 0) is 44.4 Å². The van der Waals surface area contributed by atoms with Crippen LogP contribution >= 0.6 is 24.0 Å². The lowest BCUT2D eigenvalue weighted by atomic mass is 9.80. The van der Waals surface area contributed by atoms with E-state index in [-0.39, 0.29) is 24.0 Å². The topological polar surface area (TPSA) is 36.4 Å². The van der Waals surface area contributed by atoms with Crippen LogP contribution in [0.25, 0.3) is 0 Å². The molecule has 3 nitrogen and oxygen atoms in total. The smallest absolute Gasteiger partial charge is 0.191 e. The van der Waals surface area contributed by atoms with Crippen LogP contribution in [-0.2, 0) is 0 Å². The van der Waals surface area contributed by atoms with Gasteiger partial charge in [0.1, 0.15) is 0 Å². The molecular weight excluding hydrogens is 325 g/mol. The summed E-state index contributed by atoms with van der Waals surface area (Å²) in [4.78, 5) is 4.22. The predicted molar refractivity (Wildman–Crippen MR) is 86.2 cm³/mol. The Morgan fingerprint density at radius 2 is 1.82 bits per heavy atom. The first kappa shape index (κ1) is 17.0. The highest BCUT2D eigenvalue weighted by atomic mass is 127. The van der Waals surface area contributed by atoms with Crippen LogP contribution in [0.15, 0.2) is 4.99 Å². The van der Waals surface area contributed by atoms with E-state index in [0.29, 0.717) is 6.04 Å². The molecule has 0 atom stereocenters. The minimum absolute atomic E-state index is 0. The van der Waals surface area contributed by atoms with E-state index in [4.69, 9.17) is 0 Å². The van der Waals surface area contributed by atoms with E-state index >= 15 is 0 Å². The van der Waals surface area contributed by atoms with Crippen LogP contribution in [0.4, 0.5) is 0 Å². The number of nitrogens with one attached hydrogen (secondary N) is 2. The van der Waals surface area contributed by atoms with Crippen molar-refractivity contribution in [3.05, 3.63) is 0 Å². The van der Waals surface area contributed by atoms with Gasteiger partial charge in [-0.15, -0.1) is 24.0 Å². The molecular formula is C13H28IN3. The molecule has 0 saturated heterocycles. The van der Waals surface area contributed by atoms with Gasteiger partial charge in [0, 0.05) is 19.6 Å². The molecule has 0 bridgehead atoms. The van der Waals surface area contributed by atoms with Crippen LogP contribution < -0.4 is 10.6 Å². The fourth-order valence-corrected chi connectivity index (χ4v) is 2.49. The molecule has 1 rings (SSSR count). The summed E-state index contributed by atoms with van der Waals surface area (Å²) in [6.07, 6.45) is 5.29. The van der Waals surface area contributed by atoms with E-state index in [1.54, 1.807) is 0 Å². The number of nitrogens with zero attached hydrogens (tertiary/aromatic N) is 1. The van der Waals surface area contributed by atoms with E-state index < -0.39 is 0 Å². The lowest BCUT2D eigenvalue weighted by Gasteiger charge is -2.32. The van der Waals surface area contributed by atoms with Gasteiger partial charge in [-0.1, -0.05) is 13.8 Å². The van der Waals surface area contributed by atoms with Gasteiger partial charge in [-0.3, -0.25) is 4.99 Å². The Bertz CT molecular complexity index is 221. The molecule has 1 fully saturated rings. The Labute approximate surface area is 123 Å². The SMILES string of the molecule is CCNC(=NC)NC1CCC(C(C)C)CC1.I. The highest BCUT2D eigenvalue weighted by Crippen LogP contribution is 2.29. The summed E-state index contributed by atoms with van der Waals surface area (Å²) in [5.41, 5.74) is 0. The minimum Gasteiger partial charge on any atom is -0.357 e. The zero-order chi connectivity index (χ0) is 12.0. The van der Waals surface area contributed by atoms with E-state index in [9.17, 15) is 0 Å². The molecule has 102 valence electrons. The minimum atomic E-state index is 0. The van der Waals surface area contributed by atoms with Crippen molar-refractivity contribution in [3.8, 4) is 0 Å². The fourth-order valence-electron chi connectivity index (χ4n) is 2.49. The molecule has 0 aromatic heterocycles. The molecule has 0 radical (unpaired) electrons. The molecule has 0 unspecified atom stereocenters. The molecule has 0 aromatic carbocycles. The van der Waals surface area contributed by atoms with Crippen molar-refractivity contribution in [3.63, 3.8) is 0 Å². The van der Waals surface area contributed by atoms with Gasteiger partial charge in [-0.25, -0.2) is 0 Å². The Hall–Kier alpha value is 0. The number of hydrogen-bond donors (Lipinski definition) is 2. The van der Waals surface area contributed by atoms with Crippen LogP contribution in [0.5, 0.6) is 0 Å². The second-order valence-electron chi connectivity index (χ2n) is 5.10. The van der Waals surface area contributed by atoms with Gasteiger partial charge in [0.05, 0.1) is 0 Å². The largest absolute Gasteiger partial charge is 0.357 e. The van der Waals surface area contributed by atoms with Crippen molar-refractivity contribution < 1.29 is 0 Å². The summed E-state index contributed by atoms with van der Waals surface area (Å²) in [6.45, 7) is 7.72. The number of hydrogen-bond acceptors (Lipinski definition) is 1. The number of aliphatic imine (C=N–C) groups is 1. The summed E-state index contributed by atoms with van der Waals surface area (Å²) in [5.74, 6) is 2.73. The maximum atomic E-state index is 4.22. The third-order valence-corrected chi connectivity index (χ3v) is 3.62. The summed E-state index contributed by atoms with van der Waals surface area (Å²) in [7, 11) is 1.84. The lowest BCUT2D eigenvalue weighted by molar-refractivity contribution is 0.250. The first-order valence-corrected chi connectivity index (χ1v) is 6.64. The molecule has 4 heteroatoms. The third-order valence-electron chi connectivity index (χ3n) is 3.62. The Morgan fingerprint density at radius 3 is 2.24 bits per heavy atom. The third kappa shape index (κ3) is 5.93. The quantitative estimate of drug-likeness (QED) is 0.465. The van der Waals surface area contributed by atoms with Gasteiger partial charge in [-0.2, -0.15) is 0 Å². The van der Waals surface area contributed by atoms with Gasteiger partial charge < -0.3 is 10.6 Å². The Kier molecular flexibility index (Phi) is 9.00. The van der Waals surface area contributed by atoms with E-state index in [0.717, 1.165) is 24.3 Å². The van der Waals surface area contributed by atoms with Crippen molar-refractivity contribution in [2.75, 3.05) is 13.6 Å². The number of guanidine groups is 1. The molecule has 0 aliphatic heterocycles. The summed E-state index contributed by atoms with van der Waals surface area (Å²) >= 11 is 0. The van der Waals surface area contributed by atoms with Crippen LogP contribution in [0, 0.1) is 11.8 Å². The highest BCUT2D eigenvalue weighted by molar-refractivity contribution is 14.0. The van der Waals surface area contributed by atoms with Gasteiger partial charge in [0.15, 0.2) is 5.96 Å². The average molecular weight is 353 g/mol. The Morgan fingerprint density at radius 1 is 1.24 bits per heavy atom. The van der Waals surface area contributed by atoms with Gasteiger partial charge >= 0.3 is 0 Å². The van der Waals surface area contributed by atoms with E-state index in [2.05, 4.69) is 36.4 Å². The monoisotopic (exact) mass is 353 g/mol. The molecule has 0 aromatic rings. The number of halogens is 1. The van der Waals surface area contributed by atoms with Crippen LogP contribution in [0.2, 0.25) is 0 Å². The molecule has 17 heavy (non-hydrogen) atoms. The van der Waals surface area contributed by atoms with Crippen LogP contribution in [0.3, 0.4) is 0 Å². The summed E-state index contributed by atoms with van der Waals surface area (Å²) in [5, 5.41) is 6.76. The maximum absolute atomic E-state index is 4.22. The van der Waals surface area contributed by atoms with Gasteiger partial charge in [0.2, 0.25) is 0 Å². The first-order valence-electron chi connectivity index (χ1n) is 6.64. The zero-order valence-electron chi connectivity index (χ0n) is 11.6. The van der Waals surface area contributed by atoms with E-state index in [1.165, 1.54) is 25.7 Å². The highest BCUT2D eigenvalue weighted by Gasteiger charge is 2.23. The zero-order valence-corrected chi connectivity index (χ0v) is 14.0. The molecule has 1 aliphatic carbocycles. The molecule has 1 aliphatic rings. The van der Waals surface area contributed by atoms with Gasteiger partial charge in [0.25, 0.3) is 0 Å². The number of rotatable bonds is 3. The second-order valence-corrected chi connectivity index (χ2v) is 5.10. The molecule has 0 spiro atoms. The molecule has 0 amide bonds.